The van der Waals surface area contributed by atoms with E-state index in [1.807, 2.05) is 0 Å². The van der Waals surface area contributed by atoms with Crippen molar-refractivity contribution in [3.8, 4) is 0 Å². The Hall–Kier alpha value is -0.0300. The van der Waals surface area contributed by atoms with E-state index in [0.29, 0.717) is 31.9 Å². The monoisotopic (exact) mass is 513 g/mol. The van der Waals surface area contributed by atoms with E-state index in [9.17, 15) is 28.0 Å². The van der Waals surface area contributed by atoms with Gasteiger partial charge in [-0.3, -0.25) is 14.3 Å². The van der Waals surface area contributed by atoms with Crippen molar-refractivity contribution in [1.82, 2.24) is 4.90 Å². The van der Waals surface area contributed by atoms with Crippen LogP contribution < -0.4 is 29.6 Å². The molecule has 1 unspecified atom stereocenters. The van der Waals surface area contributed by atoms with E-state index < -0.39 is 22.0 Å². The first-order valence-corrected chi connectivity index (χ1v) is 14.5. The molecule has 2 N–H and O–H groups in total. The van der Waals surface area contributed by atoms with Crippen molar-refractivity contribution in [2.24, 2.45) is 0 Å². The molecule has 0 amide bonds. The number of unbranched alkanes of at least 4 members (excludes halogenated alkanes) is 12. The Morgan fingerprint density at radius 1 is 1.00 bits per heavy atom. The van der Waals surface area contributed by atoms with Crippen LogP contribution in [0.15, 0.2) is 0 Å². The van der Waals surface area contributed by atoms with Crippen LogP contribution in [0.1, 0.15) is 96.8 Å². The number of carbonyl (C=O) groups excluding carboxylic acids is 1. The number of amidine groups is 1. The van der Waals surface area contributed by atoms with Crippen LogP contribution in [0.2, 0.25) is 0 Å². The number of ketones is 1. The third-order valence-electron chi connectivity index (χ3n) is 6.19. The SMILES string of the molecule is CCCCCCCCCCCCCCCC(=O)C1=[N+](CC(O)CS(=O)(=O)[O-])CCN1CCO.[Na+]. The molecule has 0 saturated heterocycles. The minimum atomic E-state index is -4.54. The van der Waals surface area contributed by atoms with Gasteiger partial charge < -0.3 is 14.8 Å². The van der Waals surface area contributed by atoms with Crippen LogP contribution in [0.5, 0.6) is 0 Å². The summed E-state index contributed by atoms with van der Waals surface area (Å²) >= 11 is 0. The van der Waals surface area contributed by atoms with Gasteiger partial charge in [0.05, 0.1) is 22.5 Å². The molecule has 0 aromatic carbocycles. The maximum Gasteiger partial charge on any atom is 1.00 e. The van der Waals surface area contributed by atoms with Crippen molar-refractivity contribution in [1.29, 1.82) is 0 Å². The predicted octanol–water partition coefficient (Wildman–Crippen LogP) is -0.334. The molecular formula is C24H46N2NaO6S+. The zero-order valence-electron chi connectivity index (χ0n) is 21.5. The van der Waals surface area contributed by atoms with Gasteiger partial charge in [-0.1, -0.05) is 84.0 Å². The van der Waals surface area contributed by atoms with E-state index in [2.05, 4.69) is 6.92 Å². The largest absolute Gasteiger partial charge is 1.00 e. The topological polar surface area (TPSA) is 121 Å². The summed E-state index contributed by atoms with van der Waals surface area (Å²) in [5.74, 6) is -0.504. The summed E-state index contributed by atoms with van der Waals surface area (Å²) in [4.78, 5) is 14.6. The van der Waals surface area contributed by atoms with Crippen LogP contribution in [-0.4, -0.2) is 88.9 Å². The first-order valence-electron chi connectivity index (χ1n) is 12.9. The summed E-state index contributed by atoms with van der Waals surface area (Å²) in [5.41, 5.74) is 0. The average Bonchev–Trinajstić information content (AvgIpc) is 3.12. The normalized spacial score (nSPS) is 15.0. The summed E-state index contributed by atoms with van der Waals surface area (Å²) in [6.07, 6.45) is 15.1. The molecule has 194 valence electrons. The van der Waals surface area contributed by atoms with Crippen LogP contribution >= 0.6 is 0 Å². The van der Waals surface area contributed by atoms with Gasteiger partial charge >= 0.3 is 35.4 Å². The predicted molar refractivity (Wildman–Crippen MR) is 130 cm³/mol. The molecule has 0 aromatic rings. The molecule has 34 heavy (non-hydrogen) atoms. The summed E-state index contributed by atoms with van der Waals surface area (Å²) in [5, 5.41) is 19.2. The second-order valence-corrected chi connectivity index (χ2v) is 10.7. The van der Waals surface area contributed by atoms with E-state index in [0.717, 1.165) is 19.3 Å². The standard InChI is InChI=1S/C24H46N2O6S.Na/c1-2-3-4-5-6-7-8-9-10-11-12-13-14-15-23(29)24-25(18-19-27)16-17-26(24)20-22(28)21-33(30,31)32;/h22,27-28H,2-21H2,1H3;/q;+1. The maximum atomic E-state index is 12.8. The van der Waals surface area contributed by atoms with Gasteiger partial charge in [0.15, 0.2) is 0 Å². The van der Waals surface area contributed by atoms with E-state index in [4.69, 9.17) is 0 Å². The first-order chi connectivity index (χ1) is 15.8. The fourth-order valence-corrected chi connectivity index (χ4v) is 5.06. The second-order valence-electron chi connectivity index (χ2n) is 9.27. The Labute approximate surface area is 229 Å². The van der Waals surface area contributed by atoms with Crippen LogP contribution in [-0.2, 0) is 14.9 Å². The number of aliphatic hydroxyl groups excluding tert-OH is 2. The molecular weight excluding hydrogens is 467 g/mol. The number of aliphatic hydroxyl groups is 2. The zero-order chi connectivity index (χ0) is 24.5. The molecule has 1 atom stereocenters. The molecule has 0 aromatic heterocycles. The third kappa shape index (κ3) is 15.9. The van der Waals surface area contributed by atoms with E-state index >= 15 is 0 Å². The number of carbonyl (C=O) groups is 1. The first kappa shape index (κ1) is 34.0. The van der Waals surface area contributed by atoms with Gasteiger partial charge in [-0.15, -0.1) is 0 Å². The van der Waals surface area contributed by atoms with Crippen LogP contribution in [0.25, 0.3) is 0 Å². The third-order valence-corrected chi connectivity index (χ3v) is 6.99. The van der Waals surface area contributed by atoms with Gasteiger partial charge in [0.1, 0.15) is 32.3 Å². The number of rotatable bonds is 21. The molecule has 1 heterocycles. The fraction of sp³-hybridized carbons (Fsp3) is 0.917. The van der Waals surface area contributed by atoms with Crippen molar-refractivity contribution in [3.63, 3.8) is 0 Å². The number of hydrogen-bond acceptors (Lipinski definition) is 7. The molecule has 0 radical (unpaired) electrons. The molecule has 0 fully saturated rings. The molecule has 1 rings (SSSR count). The minimum absolute atomic E-state index is 0. The van der Waals surface area contributed by atoms with Crippen LogP contribution in [0, 0.1) is 0 Å². The second kappa shape index (κ2) is 20.1. The van der Waals surface area contributed by atoms with E-state index in [1.54, 1.807) is 9.48 Å². The number of hydrogen-bond donors (Lipinski definition) is 2. The Kier molecular flexibility index (Phi) is 20.1. The van der Waals surface area contributed by atoms with Gasteiger partial charge in [-0.25, -0.2) is 8.42 Å². The van der Waals surface area contributed by atoms with Gasteiger partial charge in [0.2, 0.25) is 5.78 Å². The van der Waals surface area contributed by atoms with Gasteiger partial charge in [0, 0.05) is 6.42 Å². The molecule has 1 aliphatic heterocycles. The average molecular weight is 514 g/mol. The maximum absolute atomic E-state index is 12.8. The molecule has 0 aliphatic carbocycles. The van der Waals surface area contributed by atoms with Crippen LogP contribution in [0.3, 0.4) is 0 Å². The van der Waals surface area contributed by atoms with Gasteiger partial charge in [-0.2, -0.15) is 0 Å². The van der Waals surface area contributed by atoms with E-state index in [-0.39, 0.29) is 48.5 Å². The van der Waals surface area contributed by atoms with Crippen molar-refractivity contribution >= 4 is 21.7 Å². The fourth-order valence-electron chi connectivity index (χ4n) is 4.48. The molecule has 10 heteroatoms. The summed E-state index contributed by atoms with van der Waals surface area (Å²) in [6.45, 7) is 3.35. The Morgan fingerprint density at radius 3 is 1.97 bits per heavy atom. The number of β-amino-alcohol motifs (C(OH)–C–C–N with tert-alkyl or cyclic N) is 2. The molecule has 0 saturated carbocycles. The quantitative estimate of drug-likeness (QED) is 0.0933. The smallest absolute Gasteiger partial charge is 0.748 e. The molecule has 0 bridgehead atoms. The van der Waals surface area contributed by atoms with E-state index in [1.165, 1.54) is 64.2 Å². The molecule has 1 aliphatic rings. The molecule has 0 spiro atoms. The van der Waals surface area contributed by atoms with Gasteiger partial charge in [0.25, 0.3) is 0 Å². The Balaban J connectivity index is 0.0000109. The molecule has 8 nitrogen and oxygen atoms in total. The zero-order valence-corrected chi connectivity index (χ0v) is 24.4. The van der Waals surface area contributed by atoms with Crippen molar-refractivity contribution in [2.45, 2.75) is 103 Å². The summed E-state index contributed by atoms with van der Waals surface area (Å²) in [7, 11) is -4.54. The van der Waals surface area contributed by atoms with Crippen LogP contribution in [0.4, 0.5) is 0 Å². The summed E-state index contributed by atoms with van der Waals surface area (Å²) < 4.78 is 34.3. The Morgan fingerprint density at radius 2 is 1.50 bits per heavy atom. The van der Waals surface area contributed by atoms with Crippen molar-refractivity contribution in [2.75, 3.05) is 38.5 Å². The summed E-state index contributed by atoms with van der Waals surface area (Å²) in [6, 6.07) is 0. The number of nitrogens with zero attached hydrogens (tertiary/aromatic N) is 2. The number of Topliss-reactive ketones (excluding diaryl/α,β-unsaturated/α-hetero) is 1. The van der Waals surface area contributed by atoms with Crippen molar-refractivity contribution in [3.05, 3.63) is 0 Å². The Bertz CT molecular complexity index is 687. The van der Waals surface area contributed by atoms with Gasteiger partial charge in [-0.05, 0) is 6.42 Å². The van der Waals surface area contributed by atoms with Crippen molar-refractivity contribution < 1.29 is 62.1 Å². The minimum Gasteiger partial charge on any atom is -0.748 e.